The highest BCUT2D eigenvalue weighted by Gasteiger charge is 2.38. The minimum absolute atomic E-state index is 0.0143. The molecule has 0 aromatic carbocycles. The first-order valence-corrected chi connectivity index (χ1v) is 12.6. The third kappa shape index (κ3) is 4.34. The van der Waals surface area contributed by atoms with Crippen LogP contribution in [0.25, 0.3) is 5.65 Å². The summed E-state index contributed by atoms with van der Waals surface area (Å²) in [4.78, 5) is 22.7. The molecule has 1 saturated carbocycles. The van der Waals surface area contributed by atoms with Crippen molar-refractivity contribution in [3.05, 3.63) is 23.5 Å². The van der Waals surface area contributed by atoms with Crippen molar-refractivity contribution < 1.29 is 4.79 Å². The van der Waals surface area contributed by atoms with E-state index in [1.165, 1.54) is 0 Å². The third-order valence-corrected chi connectivity index (χ3v) is 7.90. The van der Waals surface area contributed by atoms with Crippen LogP contribution in [0.1, 0.15) is 68.7 Å². The van der Waals surface area contributed by atoms with E-state index >= 15 is 0 Å². The van der Waals surface area contributed by atoms with Crippen LogP contribution in [0.15, 0.2) is 12.3 Å². The Hall–Kier alpha value is -2.23. The number of aromatic nitrogens is 3. The van der Waals surface area contributed by atoms with E-state index < -0.39 is 6.04 Å². The van der Waals surface area contributed by atoms with Gasteiger partial charge in [-0.05, 0) is 51.4 Å². The molecule has 2 aromatic heterocycles. The summed E-state index contributed by atoms with van der Waals surface area (Å²) >= 11 is 0. The minimum atomic E-state index is -0.538. The van der Waals surface area contributed by atoms with Gasteiger partial charge in [0.2, 0.25) is 5.91 Å². The van der Waals surface area contributed by atoms with Gasteiger partial charge in [0.15, 0.2) is 5.65 Å². The van der Waals surface area contributed by atoms with Crippen molar-refractivity contribution in [2.45, 2.75) is 82.5 Å². The van der Waals surface area contributed by atoms with Gasteiger partial charge in [-0.1, -0.05) is 12.8 Å². The largest absolute Gasteiger partial charge is 0.355 e. The Kier molecular flexibility index (Phi) is 6.28. The number of hydrogen-bond acceptors (Lipinski definition) is 7. The molecular weight excluding hydrogens is 416 g/mol. The number of amides is 1. The van der Waals surface area contributed by atoms with Gasteiger partial charge in [0, 0.05) is 49.5 Å². The van der Waals surface area contributed by atoms with Gasteiger partial charge < -0.3 is 27.0 Å². The standard InChI is InChI=1S/C24H38N8O/c1-15-13-32-21(28-23(15)30-11-9-16(25)14-30)12-19(29-32)20-8-4-5-10-31(20)24(33)22(27)17-6-2-3-7-18(17)26/h12-13,16-18,20,22H,2-11,14,25-27H2,1H3/t16-,17?,18?,20-,22?/m0/s1. The molecule has 1 amide bonds. The first kappa shape index (κ1) is 22.6. The van der Waals surface area contributed by atoms with E-state index in [1.807, 2.05) is 21.7 Å². The zero-order valence-corrected chi connectivity index (χ0v) is 19.7. The van der Waals surface area contributed by atoms with Crippen LogP contribution in [0.2, 0.25) is 0 Å². The molecule has 9 nitrogen and oxygen atoms in total. The molecule has 1 aliphatic carbocycles. The maximum Gasteiger partial charge on any atom is 0.240 e. The first-order valence-electron chi connectivity index (χ1n) is 12.6. The summed E-state index contributed by atoms with van der Waals surface area (Å²) in [6.07, 6.45) is 10.1. The number of aryl methyl sites for hydroxylation is 1. The number of carbonyl (C=O) groups excluding carboxylic acids is 1. The van der Waals surface area contributed by atoms with Gasteiger partial charge in [-0.2, -0.15) is 5.10 Å². The molecule has 3 unspecified atom stereocenters. The van der Waals surface area contributed by atoms with Gasteiger partial charge in [-0.3, -0.25) is 4.79 Å². The fraction of sp³-hybridized carbons (Fsp3) is 0.708. The first-order chi connectivity index (χ1) is 15.9. The number of piperidine rings is 1. The number of nitrogens with two attached hydrogens (primary N) is 3. The van der Waals surface area contributed by atoms with E-state index in [0.717, 1.165) is 93.7 Å². The normalized spacial score (nSPS) is 29.6. The summed E-state index contributed by atoms with van der Waals surface area (Å²) in [6.45, 7) is 4.54. The monoisotopic (exact) mass is 454 g/mol. The lowest BCUT2D eigenvalue weighted by atomic mass is 9.79. The molecule has 2 saturated heterocycles. The van der Waals surface area contributed by atoms with E-state index in [9.17, 15) is 4.79 Å². The van der Waals surface area contributed by atoms with Crippen LogP contribution in [0, 0.1) is 12.8 Å². The van der Waals surface area contributed by atoms with E-state index in [2.05, 4.69) is 11.8 Å². The number of likely N-dealkylation sites (tertiary alicyclic amines) is 1. The van der Waals surface area contributed by atoms with Crippen LogP contribution < -0.4 is 22.1 Å². The predicted molar refractivity (Wildman–Crippen MR) is 129 cm³/mol. The van der Waals surface area contributed by atoms with Gasteiger partial charge in [0.1, 0.15) is 5.82 Å². The van der Waals surface area contributed by atoms with E-state index in [1.54, 1.807) is 0 Å². The zero-order valence-electron chi connectivity index (χ0n) is 19.7. The van der Waals surface area contributed by atoms with Crippen LogP contribution in [-0.2, 0) is 4.79 Å². The summed E-state index contributed by atoms with van der Waals surface area (Å²) in [5, 5.41) is 4.85. The van der Waals surface area contributed by atoms with Crippen LogP contribution in [0.3, 0.4) is 0 Å². The topological polar surface area (TPSA) is 132 Å². The summed E-state index contributed by atoms with van der Waals surface area (Å²) in [5.74, 6) is 1.07. The van der Waals surface area contributed by atoms with Crippen LogP contribution in [0.5, 0.6) is 0 Å². The average molecular weight is 455 g/mol. The highest BCUT2D eigenvalue weighted by Crippen LogP contribution is 2.34. The fourth-order valence-corrected chi connectivity index (χ4v) is 5.99. The number of fused-ring (bicyclic) bond motifs is 1. The maximum atomic E-state index is 13.5. The summed E-state index contributed by atoms with van der Waals surface area (Å²) in [5.41, 5.74) is 21.8. The molecule has 0 spiro atoms. The van der Waals surface area contributed by atoms with Gasteiger partial charge in [0.05, 0.1) is 17.8 Å². The molecular formula is C24H38N8O. The lowest BCUT2D eigenvalue weighted by molar-refractivity contribution is -0.138. The molecule has 3 fully saturated rings. The molecule has 5 atom stereocenters. The van der Waals surface area contributed by atoms with Crippen LogP contribution in [-0.4, -0.2) is 63.2 Å². The number of nitrogens with zero attached hydrogens (tertiary/aromatic N) is 5. The molecule has 5 rings (SSSR count). The van der Waals surface area contributed by atoms with E-state index in [-0.39, 0.29) is 30.0 Å². The van der Waals surface area contributed by atoms with Crippen molar-refractivity contribution in [3.8, 4) is 0 Å². The molecule has 2 aliphatic heterocycles. The summed E-state index contributed by atoms with van der Waals surface area (Å²) in [6, 6.07) is 1.64. The van der Waals surface area contributed by atoms with Crippen LogP contribution in [0.4, 0.5) is 5.82 Å². The lowest BCUT2D eigenvalue weighted by Crippen LogP contribution is -2.54. The van der Waals surface area contributed by atoms with Crippen molar-refractivity contribution >= 4 is 17.4 Å². The Labute approximate surface area is 195 Å². The van der Waals surface area contributed by atoms with Gasteiger partial charge >= 0.3 is 0 Å². The maximum absolute atomic E-state index is 13.5. The van der Waals surface area contributed by atoms with E-state index in [4.69, 9.17) is 27.3 Å². The zero-order chi connectivity index (χ0) is 23.1. The fourth-order valence-electron chi connectivity index (χ4n) is 5.99. The Morgan fingerprint density at radius 3 is 2.64 bits per heavy atom. The summed E-state index contributed by atoms with van der Waals surface area (Å²) < 4.78 is 1.85. The smallest absolute Gasteiger partial charge is 0.240 e. The highest BCUT2D eigenvalue weighted by molar-refractivity contribution is 5.82. The molecule has 9 heteroatoms. The number of rotatable bonds is 4. The molecule has 2 aromatic rings. The number of carbonyl (C=O) groups is 1. The Morgan fingerprint density at radius 2 is 1.88 bits per heavy atom. The number of hydrogen-bond donors (Lipinski definition) is 3. The predicted octanol–water partition coefficient (Wildman–Crippen LogP) is 1.47. The highest BCUT2D eigenvalue weighted by atomic mass is 16.2. The van der Waals surface area contributed by atoms with Crippen molar-refractivity contribution in [3.63, 3.8) is 0 Å². The SMILES string of the molecule is Cc1cn2nc([C@@H]3CCCCN3C(=O)C(N)C3CCCCC3N)cc2nc1N1CC[C@H](N)C1. The molecule has 33 heavy (non-hydrogen) atoms. The minimum Gasteiger partial charge on any atom is -0.355 e. The van der Waals surface area contributed by atoms with Gasteiger partial charge in [-0.25, -0.2) is 9.50 Å². The van der Waals surface area contributed by atoms with Crippen LogP contribution >= 0.6 is 0 Å². The molecule has 3 aliphatic rings. The van der Waals surface area contributed by atoms with E-state index in [0.29, 0.717) is 0 Å². The Morgan fingerprint density at radius 1 is 1.09 bits per heavy atom. The summed E-state index contributed by atoms with van der Waals surface area (Å²) in [7, 11) is 0. The molecule has 0 radical (unpaired) electrons. The van der Waals surface area contributed by atoms with Crippen molar-refractivity contribution in [1.82, 2.24) is 19.5 Å². The second-order valence-electron chi connectivity index (χ2n) is 10.3. The molecule has 180 valence electrons. The third-order valence-electron chi connectivity index (χ3n) is 7.90. The van der Waals surface area contributed by atoms with Crippen molar-refractivity contribution in [1.29, 1.82) is 0 Å². The quantitative estimate of drug-likeness (QED) is 0.637. The lowest BCUT2D eigenvalue weighted by Gasteiger charge is -2.39. The second kappa shape index (κ2) is 9.19. The number of anilines is 1. The second-order valence-corrected chi connectivity index (χ2v) is 10.3. The van der Waals surface area contributed by atoms with Crippen molar-refractivity contribution in [2.24, 2.45) is 23.1 Å². The van der Waals surface area contributed by atoms with Gasteiger partial charge in [-0.15, -0.1) is 0 Å². The molecule has 4 heterocycles. The average Bonchev–Trinajstić information content (AvgIpc) is 3.43. The Bertz CT molecular complexity index is 1010. The molecule has 6 N–H and O–H groups in total. The molecule has 0 bridgehead atoms. The van der Waals surface area contributed by atoms with Gasteiger partial charge in [0.25, 0.3) is 0 Å². The Balaban J connectivity index is 1.40. The van der Waals surface area contributed by atoms with Crippen molar-refractivity contribution in [2.75, 3.05) is 24.5 Å².